The van der Waals surface area contributed by atoms with Crippen molar-refractivity contribution in [2.45, 2.75) is 26.7 Å². The maximum absolute atomic E-state index is 11.7. The van der Waals surface area contributed by atoms with Gasteiger partial charge >= 0.3 is 5.97 Å². The van der Waals surface area contributed by atoms with Gasteiger partial charge in [0, 0.05) is 5.33 Å². The van der Waals surface area contributed by atoms with Crippen LogP contribution in [0.3, 0.4) is 0 Å². The molecule has 0 heterocycles. The van der Waals surface area contributed by atoms with E-state index in [0.29, 0.717) is 12.2 Å². The third-order valence-corrected chi connectivity index (χ3v) is 3.78. The molecule has 0 amide bonds. The Morgan fingerprint density at radius 2 is 1.85 bits per heavy atom. The lowest BCUT2D eigenvalue weighted by atomic mass is 10.1. The molecular formula is C17H21BrO2. The summed E-state index contributed by atoms with van der Waals surface area (Å²) in [6.45, 7) is 4.50. The molecule has 0 bridgehead atoms. The zero-order valence-corrected chi connectivity index (χ0v) is 13.7. The average molecular weight is 337 g/mol. The fourth-order valence-electron chi connectivity index (χ4n) is 1.62. The topological polar surface area (TPSA) is 26.3 Å². The van der Waals surface area contributed by atoms with Crippen LogP contribution in [0.2, 0.25) is 0 Å². The van der Waals surface area contributed by atoms with E-state index >= 15 is 0 Å². The Bertz CT molecular complexity index is 475. The van der Waals surface area contributed by atoms with Crippen LogP contribution in [0, 0.1) is 0 Å². The standard InChI is InChI=1S/C17H21BrO2/c1-14(7-6-8-15(2)13-18)11-12-20-17(19)16-9-4-3-5-10-16/h3-5,8-11H,6-7,12-13H2,1-2H3/b14-11+,15-8+. The van der Waals surface area contributed by atoms with Crippen LogP contribution in [0.15, 0.2) is 53.6 Å². The van der Waals surface area contributed by atoms with Crippen molar-refractivity contribution in [3.63, 3.8) is 0 Å². The Hall–Kier alpha value is -1.35. The minimum absolute atomic E-state index is 0.273. The number of alkyl halides is 1. The first kappa shape index (κ1) is 16.7. The van der Waals surface area contributed by atoms with Crippen molar-refractivity contribution in [2.75, 3.05) is 11.9 Å². The molecule has 0 fully saturated rings. The second-order valence-corrected chi connectivity index (χ2v) is 5.30. The smallest absolute Gasteiger partial charge is 0.338 e. The number of hydrogen-bond donors (Lipinski definition) is 0. The summed E-state index contributed by atoms with van der Waals surface area (Å²) < 4.78 is 5.21. The Kier molecular flexibility index (Phi) is 7.97. The molecule has 3 heteroatoms. The van der Waals surface area contributed by atoms with Crippen LogP contribution in [0.4, 0.5) is 0 Å². The van der Waals surface area contributed by atoms with Crippen LogP contribution in [0.5, 0.6) is 0 Å². The Morgan fingerprint density at radius 3 is 2.50 bits per heavy atom. The van der Waals surface area contributed by atoms with E-state index in [1.807, 2.05) is 24.3 Å². The summed E-state index contributed by atoms with van der Waals surface area (Å²) in [6.07, 6.45) is 6.21. The predicted octanol–water partition coefficient (Wildman–Crippen LogP) is 4.91. The minimum atomic E-state index is -0.273. The predicted molar refractivity (Wildman–Crippen MR) is 87.3 cm³/mol. The molecule has 108 valence electrons. The molecule has 0 unspecified atom stereocenters. The van der Waals surface area contributed by atoms with E-state index in [1.54, 1.807) is 12.1 Å². The van der Waals surface area contributed by atoms with E-state index in [-0.39, 0.29) is 5.97 Å². The van der Waals surface area contributed by atoms with E-state index in [4.69, 9.17) is 4.74 Å². The molecule has 0 N–H and O–H groups in total. The quantitative estimate of drug-likeness (QED) is 0.401. The lowest BCUT2D eigenvalue weighted by Crippen LogP contribution is -2.04. The number of halogens is 1. The van der Waals surface area contributed by atoms with Crippen LogP contribution in [-0.2, 0) is 4.74 Å². The fourth-order valence-corrected chi connectivity index (χ4v) is 1.85. The Morgan fingerprint density at radius 1 is 1.15 bits per heavy atom. The summed E-state index contributed by atoms with van der Waals surface area (Å²) in [6, 6.07) is 9.05. The summed E-state index contributed by atoms with van der Waals surface area (Å²) in [4.78, 5) is 11.7. The van der Waals surface area contributed by atoms with E-state index < -0.39 is 0 Å². The zero-order chi connectivity index (χ0) is 14.8. The van der Waals surface area contributed by atoms with Gasteiger partial charge in [-0.15, -0.1) is 0 Å². The van der Waals surface area contributed by atoms with Gasteiger partial charge in [0.25, 0.3) is 0 Å². The van der Waals surface area contributed by atoms with Crippen molar-refractivity contribution in [1.82, 2.24) is 0 Å². The number of esters is 1. The molecule has 0 radical (unpaired) electrons. The van der Waals surface area contributed by atoms with E-state index in [2.05, 4.69) is 35.9 Å². The minimum Gasteiger partial charge on any atom is -0.458 e. The normalized spacial score (nSPS) is 12.3. The number of rotatable bonds is 7. The highest BCUT2D eigenvalue weighted by Crippen LogP contribution is 2.08. The van der Waals surface area contributed by atoms with Crippen LogP contribution in [0.1, 0.15) is 37.0 Å². The third-order valence-electron chi connectivity index (χ3n) is 2.90. The molecule has 0 spiro atoms. The maximum atomic E-state index is 11.7. The third kappa shape index (κ3) is 6.71. The van der Waals surface area contributed by atoms with Crippen molar-refractivity contribution >= 4 is 21.9 Å². The highest BCUT2D eigenvalue weighted by atomic mass is 79.9. The first-order valence-electron chi connectivity index (χ1n) is 6.73. The summed E-state index contributed by atoms with van der Waals surface area (Å²) in [7, 11) is 0. The van der Waals surface area contributed by atoms with Gasteiger partial charge in [0.2, 0.25) is 0 Å². The monoisotopic (exact) mass is 336 g/mol. The second kappa shape index (κ2) is 9.54. The summed E-state index contributed by atoms with van der Waals surface area (Å²) in [5.74, 6) is -0.273. The molecule has 0 atom stereocenters. The molecule has 1 aromatic rings. The van der Waals surface area contributed by atoms with E-state index in [0.717, 1.165) is 18.2 Å². The molecule has 0 aliphatic carbocycles. The Balaban J connectivity index is 2.32. The van der Waals surface area contributed by atoms with Crippen molar-refractivity contribution < 1.29 is 9.53 Å². The van der Waals surface area contributed by atoms with Crippen LogP contribution >= 0.6 is 15.9 Å². The molecule has 0 saturated heterocycles. The molecule has 20 heavy (non-hydrogen) atoms. The zero-order valence-electron chi connectivity index (χ0n) is 12.1. The first-order valence-corrected chi connectivity index (χ1v) is 7.85. The van der Waals surface area contributed by atoms with E-state index in [9.17, 15) is 4.79 Å². The maximum Gasteiger partial charge on any atom is 0.338 e. The summed E-state index contributed by atoms with van der Waals surface area (Å²) in [5.41, 5.74) is 3.17. The highest BCUT2D eigenvalue weighted by Gasteiger charge is 2.04. The van der Waals surface area contributed by atoms with Gasteiger partial charge in [-0.25, -0.2) is 4.79 Å². The average Bonchev–Trinajstić information content (AvgIpc) is 2.47. The van der Waals surface area contributed by atoms with Gasteiger partial charge in [0.15, 0.2) is 0 Å². The lowest BCUT2D eigenvalue weighted by molar-refractivity contribution is 0.0549. The first-order chi connectivity index (χ1) is 9.63. The molecule has 0 aliphatic rings. The highest BCUT2D eigenvalue weighted by molar-refractivity contribution is 9.09. The van der Waals surface area contributed by atoms with Crippen LogP contribution in [-0.4, -0.2) is 17.9 Å². The number of carbonyl (C=O) groups is 1. The number of allylic oxidation sites excluding steroid dienone is 3. The molecular weight excluding hydrogens is 316 g/mol. The van der Waals surface area contributed by atoms with Gasteiger partial charge in [0.05, 0.1) is 5.56 Å². The van der Waals surface area contributed by atoms with Gasteiger partial charge < -0.3 is 4.74 Å². The largest absolute Gasteiger partial charge is 0.458 e. The number of hydrogen-bond acceptors (Lipinski definition) is 2. The van der Waals surface area contributed by atoms with Gasteiger partial charge in [-0.3, -0.25) is 0 Å². The number of carbonyl (C=O) groups excluding carboxylic acids is 1. The second-order valence-electron chi connectivity index (χ2n) is 4.74. The van der Waals surface area contributed by atoms with Gasteiger partial charge in [0.1, 0.15) is 6.61 Å². The van der Waals surface area contributed by atoms with Gasteiger partial charge in [-0.1, -0.05) is 51.4 Å². The van der Waals surface area contributed by atoms with Crippen molar-refractivity contribution in [3.8, 4) is 0 Å². The number of benzene rings is 1. The molecule has 1 aromatic carbocycles. The molecule has 0 saturated carbocycles. The lowest BCUT2D eigenvalue weighted by Gasteiger charge is -2.03. The number of ether oxygens (including phenoxy) is 1. The van der Waals surface area contributed by atoms with Gasteiger partial charge in [-0.05, 0) is 44.9 Å². The molecule has 0 aliphatic heterocycles. The Labute approximate surface area is 129 Å². The molecule has 0 aromatic heterocycles. The summed E-state index contributed by atoms with van der Waals surface area (Å²) in [5, 5.41) is 0.921. The summed E-state index contributed by atoms with van der Waals surface area (Å²) >= 11 is 3.42. The van der Waals surface area contributed by atoms with Crippen LogP contribution < -0.4 is 0 Å². The SMILES string of the molecule is C/C(=C\CC/C(C)=C/COC(=O)c1ccccc1)CBr. The molecule has 1 rings (SSSR count). The van der Waals surface area contributed by atoms with Gasteiger partial charge in [-0.2, -0.15) is 0 Å². The fraction of sp³-hybridized carbons (Fsp3) is 0.353. The van der Waals surface area contributed by atoms with E-state index in [1.165, 1.54) is 11.1 Å². The van der Waals surface area contributed by atoms with Crippen molar-refractivity contribution in [2.24, 2.45) is 0 Å². The van der Waals surface area contributed by atoms with Crippen LogP contribution in [0.25, 0.3) is 0 Å². The van der Waals surface area contributed by atoms with Crippen molar-refractivity contribution in [3.05, 3.63) is 59.2 Å². The molecule has 2 nitrogen and oxygen atoms in total. The van der Waals surface area contributed by atoms with Crippen molar-refractivity contribution in [1.29, 1.82) is 0 Å².